The molecule has 4 rings (SSSR count). The molecule has 2 aromatic carbocycles. The normalized spacial score (nSPS) is 19.7. The van der Waals surface area contributed by atoms with Crippen molar-refractivity contribution in [3.8, 4) is 21.6 Å². The molecule has 0 saturated carbocycles. The van der Waals surface area contributed by atoms with Gasteiger partial charge >= 0.3 is 5.97 Å². The summed E-state index contributed by atoms with van der Waals surface area (Å²) in [4.78, 5) is 14.5. The van der Waals surface area contributed by atoms with E-state index in [1.54, 1.807) is 12.1 Å². The fraction of sp³-hybridized carbons (Fsp3) is 0.393. The van der Waals surface area contributed by atoms with Crippen molar-refractivity contribution in [3.05, 3.63) is 71.4 Å². The molecule has 0 bridgehead atoms. The molecule has 1 saturated heterocycles. The fourth-order valence-electron chi connectivity index (χ4n) is 4.58. The molecule has 0 spiro atoms. The van der Waals surface area contributed by atoms with Crippen molar-refractivity contribution in [2.45, 2.75) is 56.1 Å². The third-order valence-electron chi connectivity index (χ3n) is 6.79. The standard InChI is InChI=1S/C28H33FO4S2Si/c1-36(2,3)19-17-33-27(30)20-28(16-4-5-18-35(28,31)32)26-15-14-25(34-26)23-8-6-21(7-9-23)22-10-12-24(29)13-11-22/h6-15H,4-5,16-20H2,1-3H3/t28-/m0/s1. The summed E-state index contributed by atoms with van der Waals surface area (Å²) in [7, 11) is -4.87. The maximum atomic E-state index is 13.4. The Morgan fingerprint density at radius 1 is 0.944 bits per heavy atom. The van der Waals surface area contributed by atoms with Crippen LogP contribution in [0.25, 0.3) is 21.6 Å². The molecular formula is C28H33FO4S2Si. The molecule has 1 fully saturated rings. The van der Waals surface area contributed by atoms with Crippen molar-refractivity contribution < 1.29 is 22.3 Å². The summed E-state index contributed by atoms with van der Waals surface area (Å²) in [6.07, 6.45) is 1.69. The van der Waals surface area contributed by atoms with Crippen LogP contribution in [0.15, 0.2) is 60.7 Å². The molecule has 0 aliphatic carbocycles. The second kappa shape index (κ2) is 10.6. The number of rotatable bonds is 8. The molecule has 0 amide bonds. The highest BCUT2D eigenvalue weighted by molar-refractivity contribution is 7.92. The van der Waals surface area contributed by atoms with Crippen molar-refractivity contribution >= 4 is 35.2 Å². The van der Waals surface area contributed by atoms with Crippen LogP contribution < -0.4 is 0 Å². The lowest BCUT2D eigenvalue weighted by Gasteiger charge is -2.35. The highest BCUT2D eigenvalue weighted by Crippen LogP contribution is 2.47. The van der Waals surface area contributed by atoms with E-state index < -0.39 is 28.6 Å². The predicted molar refractivity (Wildman–Crippen MR) is 148 cm³/mol. The lowest BCUT2D eigenvalue weighted by atomic mass is 9.95. The van der Waals surface area contributed by atoms with Gasteiger partial charge in [-0.25, -0.2) is 12.8 Å². The van der Waals surface area contributed by atoms with E-state index in [-0.39, 0.29) is 18.0 Å². The summed E-state index contributed by atoms with van der Waals surface area (Å²) in [5.74, 6) is -0.611. The van der Waals surface area contributed by atoms with E-state index in [1.165, 1.54) is 23.5 Å². The molecule has 3 aromatic rings. The smallest absolute Gasteiger partial charge is 0.307 e. The highest BCUT2D eigenvalue weighted by Gasteiger charge is 2.49. The minimum atomic E-state index is -3.51. The van der Waals surface area contributed by atoms with Gasteiger partial charge in [0.25, 0.3) is 0 Å². The number of halogens is 1. The van der Waals surface area contributed by atoms with E-state index in [9.17, 15) is 17.6 Å². The number of ether oxygens (including phenoxy) is 1. The third kappa shape index (κ3) is 5.98. The molecule has 0 N–H and O–H groups in total. The fourth-order valence-corrected chi connectivity index (χ4v) is 9.06. The molecule has 2 heterocycles. The molecule has 4 nitrogen and oxygen atoms in total. The summed E-state index contributed by atoms with van der Waals surface area (Å²) in [6, 6.07) is 19.0. The summed E-state index contributed by atoms with van der Waals surface area (Å²) in [5.41, 5.74) is 2.87. The Labute approximate surface area is 218 Å². The molecule has 1 aliphatic heterocycles. The first-order valence-corrected chi connectivity index (χ1v) is 18.5. The minimum absolute atomic E-state index is 0.0920. The van der Waals surface area contributed by atoms with Gasteiger partial charge in [-0.05, 0) is 59.8 Å². The van der Waals surface area contributed by atoms with E-state index in [0.717, 1.165) is 34.0 Å². The molecule has 192 valence electrons. The van der Waals surface area contributed by atoms with Gasteiger partial charge < -0.3 is 4.74 Å². The van der Waals surface area contributed by atoms with Crippen molar-refractivity contribution in [3.63, 3.8) is 0 Å². The Hall–Kier alpha value is -2.29. The minimum Gasteiger partial charge on any atom is -0.466 e. The Morgan fingerprint density at radius 3 is 2.17 bits per heavy atom. The first-order valence-electron chi connectivity index (χ1n) is 12.3. The molecule has 8 heteroatoms. The van der Waals surface area contributed by atoms with E-state index in [4.69, 9.17) is 4.74 Å². The van der Waals surface area contributed by atoms with Crippen LogP contribution in [0.3, 0.4) is 0 Å². The van der Waals surface area contributed by atoms with Gasteiger partial charge in [-0.15, -0.1) is 11.3 Å². The van der Waals surface area contributed by atoms with E-state index in [1.807, 2.05) is 36.4 Å². The van der Waals surface area contributed by atoms with Crippen LogP contribution in [-0.4, -0.2) is 34.8 Å². The number of hydrogen-bond acceptors (Lipinski definition) is 5. The lowest BCUT2D eigenvalue weighted by Crippen LogP contribution is -2.42. The molecule has 0 unspecified atom stereocenters. The molecular weight excluding hydrogens is 512 g/mol. The van der Waals surface area contributed by atoms with Crippen LogP contribution >= 0.6 is 11.3 Å². The van der Waals surface area contributed by atoms with Crippen LogP contribution in [0.4, 0.5) is 4.39 Å². The summed E-state index contributed by atoms with van der Waals surface area (Å²) >= 11 is 1.44. The first kappa shape index (κ1) is 26.8. The van der Waals surface area contributed by atoms with E-state index in [2.05, 4.69) is 19.6 Å². The second-order valence-corrected chi connectivity index (χ2v) is 19.9. The zero-order valence-electron chi connectivity index (χ0n) is 21.1. The quantitative estimate of drug-likeness (QED) is 0.221. The monoisotopic (exact) mass is 544 g/mol. The zero-order chi connectivity index (χ0) is 26.0. The number of benzene rings is 2. The number of esters is 1. The number of thiophene rings is 1. The van der Waals surface area contributed by atoms with Gasteiger partial charge in [0, 0.05) is 17.8 Å². The third-order valence-corrected chi connectivity index (χ3v) is 12.5. The molecule has 1 aromatic heterocycles. The zero-order valence-corrected chi connectivity index (χ0v) is 23.7. The van der Waals surface area contributed by atoms with Crippen LogP contribution in [0, 0.1) is 5.82 Å². The van der Waals surface area contributed by atoms with E-state index in [0.29, 0.717) is 24.3 Å². The Balaban J connectivity index is 1.58. The number of hydrogen-bond donors (Lipinski definition) is 0. The SMILES string of the molecule is C[Si](C)(C)CCOC(=O)C[C@]1(c2ccc(-c3ccc(-c4ccc(F)cc4)cc3)s2)CCCCS1(=O)=O. The van der Waals surface area contributed by atoms with Crippen molar-refractivity contribution in [1.29, 1.82) is 0 Å². The molecule has 1 aliphatic rings. The van der Waals surface area contributed by atoms with Gasteiger partial charge in [0.15, 0.2) is 9.84 Å². The van der Waals surface area contributed by atoms with Crippen molar-refractivity contribution in [2.75, 3.05) is 12.4 Å². The largest absolute Gasteiger partial charge is 0.466 e. The summed E-state index contributed by atoms with van der Waals surface area (Å²) in [5, 5.41) is 0. The number of carbonyl (C=O) groups is 1. The summed E-state index contributed by atoms with van der Waals surface area (Å²) < 4.78 is 44.4. The number of carbonyl (C=O) groups excluding carboxylic acids is 1. The van der Waals surface area contributed by atoms with E-state index >= 15 is 0 Å². The van der Waals surface area contributed by atoms with Crippen molar-refractivity contribution in [1.82, 2.24) is 0 Å². The second-order valence-electron chi connectivity index (χ2n) is 10.7. The Kier molecular flexibility index (Phi) is 7.88. The Morgan fingerprint density at radius 2 is 1.56 bits per heavy atom. The van der Waals surface area contributed by atoms with Gasteiger partial charge in [-0.2, -0.15) is 0 Å². The van der Waals surface area contributed by atoms with Crippen LogP contribution in [0.1, 0.15) is 30.6 Å². The summed E-state index contributed by atoms with van der Waals surface area (Å²) in [6.45, 7) is 6.99. The predicted octanol–water partition coefficient (Wildman–Crippen LogP) is 7.29. The maximum Gasteiger partial charge on any atom is 0.307 e. The maximum absolute atomic E-state index is 13.4. The molecule has 1 atom stereocenters. The average Bonchev–Trinajstić information content (AvgIpc) is 3.31. The number of sulfone groups is 1. The topological polar surface area (TPSA) is 60.4 Å². The van der Waals surface area contributed by atoms with Gasteiger partial charge in [-0.1, -0.05) is 62.5 Å². The molecule has 0 radical (unpaired) electrons. The molecule has 36 heavy (non-hydrogen) atoms. The van der Waals surface area contributed by atoms with Gasteiger partial charge in [0.2, 0.25) is 0 Å². The Bertz CT molecular complexity index is 1310. The van der Waals surface area contributed by atoms with Crippen LogP contribution in [0.2, 0.25) is 25.7 Å². The van der Waals surface area contributed by atoms with Gasteiger partial charge in [0.05, 0.1) is 18.8 Å². The van der Waals surface area contributed by atoms with Crippen molar-refractivity contribution in [2.24, 2.45) is 0 Å². The lowest BCUT2D eigenvalue weighted by molar-refractivity contribution is -0.144. The first-order chi connectivity index (χ1) is 17.0. The van der Waals surface area contributed by atoms with Gasteiger partial charge in [0.1, 0.15) is 10.6 Å². The van der Waals surface area contributed by atoms with Gasteiger partial charge in [-0.3, -0.25) is 4.79 Å². The average molecular weight is 545 g/mol. The van der Waals surface area contributed by atoms with Crippen LogP contribution in [0.5, 0.6) is 0 Å². The highest BCUT2D eigenvalue weighted by atomic mass is 32.2. The van der Waals surface area contributed by atoms with Crippen LogP contribution in [-0.2, 0) is 24.1 Å².